The molecule has 1 unspecified atom stereocenters. The van der Waals surface area contributed by atoms with E-state index in [-0.39, 0.29) is 25.4 Å². The summed E-state index contributed by atoms with van der Waals surface area (Å²) < 4.78 is 5.29. The van der Waals surface area contributed by atoms with E-state index in [0.29, 0.717) is 6.42 Å². The monoisotopic (exact) mass is 687 g/mol. The smallest absolute Gasteiger partial charge is 0.408 e. The number of amides is 5. The lowest BCUT2D eigenvalue weighted by molar-refractivity contribution is -0.143. The minimum absolute atomic E-state index is 0.00380. The van der Waals surface area contributed by atoms with Crippen LogP contribution in [0.25, 0.3) is 10.8 Å². The van der Waals surface area contributed by atoms with Gasteiger partial charge in [0.05, 0.1) is 6.04 Å². The van der Waals surface area contributed by atoms with Gasteiger partial charge in [-0.25, -0.2) is 4.79 Å². The van der Waals surface area contributed by atoms with E-state index < -0.39 is 65.1 Å². The van der Waals surface area contributed by atoms with E-state index in [4.69, 9.17) is 10.5 Å². The Hall–Kier alpha value is -5.26. The number of benzene rings is 3. The highest BCUT2D eigenvalue weighted by Gasteiger charge is 2.38. The molecule has 0 saturated carbocycles. The maximum atomic E-state index is 13.5. The molecule has 0 fully saturated rings. The van der Waals surface area contributed by atoms with E-state index in [0.717, 1.165) is 21.9 Å². The van der Waals surface area contributed by atoms with Crippen LogP contribution < -0.4 is 27.0 Å². The van der Waals surface area contributed by atoms with Crippen molar-refractivity contribution in [1.82, 2.24) is 21.3 Å². The Morgan fingerprint density at radius 3 is 2.04 bits per heavy atom. The molecule has 0 aromatic heterocycles. The van der Waals surface area contributed by atoms with Crippen molar-refractivity contribution >= 4 is 46.3 Å². The van der Waals surface area contributed by atoms with E-state index in [1.165, 1.54) is 13.8 Å². The molecule has 4 atom stereocenters. The third-order valence-electron chi connectivity index (χ3n) is 8.44. The lowest BCUT2D eigenvalue weighted by Gasteiger charge is -2.29. The summed E-state index contributed by atoms with van der Waals surface area (Å²) >= 11 is 0. The van der Waals surface area contributed by atoms with Crippen LogP contribution in [0.1, 0.15) is 65.5 Å². The van der Waals surface area contributed by atoms with E-state index >= 15 is 0 Å². The molecule has 3 aromatic carbocycles. The Labute approximate surface area is 293 Å². The zero-order valence-electron chi connectivity index (χ0n) is 29.6. The van der Waals surface area contributed by atoms with E-state index in [1.807, 2.05) is 74.5 Å². The molecule has 0 aliphatic rings. The number of rotatable bonds is 17. The summed E-state index contributed by atoms with van der Waals surface area (Å²) in [7, 11) is 0. The minimum Gasteiger partial charge on any atom is -0.445 e. The lowest BCUT2D eigenvalue weighted by Crippen LogP contribution is -2.62. The number of ketones is 1. The first-order chi connectivity index (χ1) is 23.6. The number of alkyl carbamates (subject to hydrolysis) is 1. The fraction of sp³-hybridized carbons (Fsp3) is 0.421. The van der Waals surface area contributed by atoms with Crippen LogP contribution in [0.2, 0.25) is 0 Å². The molecule has 12 nitrogen and oxygen atoms in total. The summed E-state index contributed by atoms with van der Waals surface area (Å²) in [6.45, 7) is 10.0. The van der Waals surface area contributed by atoms with Gasteiger partial charge in [-0.2, -0.15) is 0 Å². The molecule has 3 rings (SSSR count). The molecule has 0 spiro atoms. The van der Waals surface area contributed by atoms with Crippen LogP contribution in [0.4, 0.5) is 4.79 Å². The van der Waals surface area contributed by atoms with Gasteiger partial charge >= 0.3 is 6.09 Å². The highest BCUT2D eigenvalue weighted by molar-refractivity contribution is 6.39. The van der Waals surface area contributed by atoms with Crippen LogP contribution in [0.15, 0.2) is 72.8 Å². The average Bonchev–Trinajstić information content (AvgIpc) is 3.08. The second-order valence-corrected chi connectivity index (χ2v) is 13.5. The van der Waals surface area contributed by atoms with Gasteiger partial charge in [-0.15, -0.1) is 0 Å². The summed E-state index contributed by atoms with van der Waals surface area (Å²) in [5, 5.41) is 12.3. The molecule has 0 aliphatic carbocycles. The number of nitrogens with two attached hydrogens (primary N) is 1. The molecular formula is C38H49N5O7. The quantitative estimate of drug-likeness (QED) is 0.134. The van der Waals surface area contributed by atoms with Crippen LogP contribution in [-0.4, -0.2) is 59.2 Å². The first kappa shape index (κ1) is 39.2. The summed E-state index contributed by atoms with van der Waals surface area (Å²) in [4.78, 5) is 78.6. The molecule has 6 N–H and O–H groups in total. The Bertz CT molecular complexity index is 1670. The van der Waals surface area contributed by atoms with E-state index in [2.05, 4.69) is 21.3 Å². The molecule has 0 radical (unpaired) electrons. The molecule has 0 aliphatic heterocycles. The highest BCUT2D eigenvalue weighted by atomic mass is 16.5. The van der Waals surface area contributed by atoms with Gasteiger partial charge in [0.25, 0.3) is 5.91 Å². The van der Waals surface area contributed by atoms with Crippen molar-refractivity contribution in [3.8, 4) is 0 Å². The number of primary amides is 1. The third kappa shape index (κ3) is 11.4. The Kier molecular flexibility index (Phi) is 14.1. The molecule has 268 valence electrons. The topological polar surface area (TPSA) is 186 Å². The van der Waals surface area contributed by atoms with Crippen LogP contribution >= 0.6 is 0 Å². The first-order valence-electron chi connectivity index (χ1n) is 16.8. The second kappa shape index (κ2) is 17.9. The average molecular weight is 688 g/mol. The largest absolute Gasteiger partial charge is 0.445 e. The predicted octanol–water partition coefficient (Wildman–Crippen LogP) is 3.69. The van der Waals surface area contributed by atoms with Crippen LogP contribution in [0.3, 0.4) is 0 Å². The second-order valence-electron chi connectivity index (χ2n) is 13.5. The maximum absolute atomic E-state index is 13.5. The predicted molar refractivity (Wildman–Crippen MR) is 190 cm³/mol. The van der Waals surface area contributed by atoms with Crippen molar-refractivity contribution in [2.75, 3.05) is 0 Å². The minimum atomic E-state index is -1.64. The zero-order valence-corrected chi connectivity index (χ0v) is 29.6. The summed E-state index contributed by atoms with van der Waals surface area (Å²) in [5.74, 6) is -4.70. The van der Waals surface area contributed by atoms with Crippen LogP contribution in [-0.2, 0) is 41.7 Å². The number of carbonyl (C=O) groups is 6. The Morgan fingerprint density at radius 1 is 0.780 bits per heavy atom. The van der Waals surface area contributed by atoms with Gasteiger partial charge in [-0.3, -0.25) is 24.0 Å². The normalized spacial score (nSPS) is 13.7. The molecule has 12 heteroatoms. The molecule has 5 amide bonds. The maximum Gasteiger partial charge on any atom is 0.408 e. The van der Waals surface area contributed by atoms with E-state index in [1.54, 1.807) is 26.0 Å². The van der Waals surface area contributed by atoms with Gasteiger partial charge in [0.15, 0.2) is 0 Å². The fourth-order valence-electron chi connectivity index (χ4n) is 5.27. The van der Waals surface area contributed by atoms with Gasteiger partial charge in [0, 0.05) is 6.42 Å². The van der Waals surface area contributed by atoms with Gasteiger partial charge in [-0.1, -0.05) is 107 Å². The fourth-order valence-corrected chi connectivity index (χ4v) is 5.27. The number of hydrogen-bond acceptors (Lipinski definition) is 7. The lowest BCUT2D eigenvalue weighted by atomic mass is 9.93. The third-order valence-corrected chi connectivity index (χ3v) is 8.44. The van der Waals surface area contributed by atoms with Crippen molar-refractivity contribution in [3.05, 3.63) is 83.9 Å². The van der Waals surface area contributed by atoms with Gasteiger partial charge < -0.3 is 31.7 Å². The molecule has 50 heavy (non-hydrogen) atoms. The van der Waals surface area contributed by atoms with Gasteiger partial charge in [0.1, 0.15) is 24.2 Å². The van der Waals surface area contributed by atoms with Crippen molar-refractivity contribution in [3.63, 3.8) is 0 Å². The Balaban J connectivity index is 1.67. The van der Waals surface area contributed by atoms with Crippen LogP contribution in [0.5, 0.6) is 0 Å². The number of carbonyl (C=O) groups excluding carboxylic acids is 6. The van der Waals surface area contributed by atoms with Gasteiger partial charge in [-0.05, 0) is 54.0 Å². The SMILES string of the molecule is CC[C@H](C)C(NC(=O)[C@H](CC(C)C)NC(=O)OCc1ccccc1)C(=O)C(=O)NC(C)(C)C(=O)N[C@@H](Cc1ccc2ccccc2c1)C(N)=O. The standard InChI is InChI=1S/C38H49N5O7/c1-7-24(4)31(42-34(46)30(19-23(2)3)41-37(49)50-22-25-13-9-8-10-14-25)32(44)35(47)43-38(5,6)36(48)40-29(33(39)45)21-26-17-18-27-15-11-12-16-28(27)20-26/h8-18,20,23-24,29-31H,7,19,21-22H2,1-6H3,(H2,39,45)(H,40,48)(H,41,49)(H,42,46)(H,43,47)/t24-,29-,30-,31?/m0/s1. The van der Waals surface area contributed by atoms with Crippen molar-refractivity contribution in [2.24, 2.45) is 17.6 Å². The summed E-state index contributed by atoms with van der Waals surface area (Å²) in [6, 6.07) is 19.0. The van der Waals surface area contributed by atoms with Crippen molar-refractivity contribution < 1.29 is 33.5 Å². The summed E-state index contributed by atoms with van der Waals surface area (Å²) in [6.07, 6.45) is -0.0126. The number of hydrogen-bond donors (Lipinski definition) is 5. The van der Waals surface area contributed by atoms with Crippen molar-refractivity contribution in [2.45, 2.75) is 91.1 Å². The number of fused-ring (bicyclic) bond motifs is 1. The molecule has 0 saturated heterocycles. The molecular weight excluding hydrogens is 638 g/mol. The van der Waals surface area contributed by atoms with Crippen molar-refractivity contribution in [1.29, 1.82) is 0 Å². The van der Waals surface area contributed by atoms with Gasteiger partial charge in [0.2, 0.25) is 23.5 Å². The molecule has 0 bridgehead atoms. The highest BCUT2D eigenvalue weighted by Crippen LogP contribution is 2.18. The number of nitrogens with one attached hydrogen (secondary N) is 4. The molecule has 3 aromatic rings. The zero-order chi connectivity index (χ0) is 37.0. The first-order valence-corrected chi connectivity index (χ1v) is 16.8. The van der Waals surface area contributed by atoms with E-state index in [9.17, 15) is 28.8 Å². The number of Topliss-reactive ketones (excluding diaryl/α,β-unsaturated/α-hetero) is 1. The Morgan fingerprint density at radius 2 is 1.42 bits per heavy atom. The molecule has 0 heterocycles. The number of ether oxygens (including phenoxy) is 1. The van der Waals surface area contributed by atoms with Crippen LogP contribution in [0, 0.1) is 11.8 Å². The summed E-state index contributed by atoms with van der Waals surface area (Å²) in [5.41, 5.74) is 5.53.